The van der Waals surface area contributed by atoms with Crippen LogP contribution in [0.2, 0.25) is 5.15 Å². The summed E-state index contributed by atoms with van der Waals surface area (Å²) >= 11 is 6.09. The van der Waals surface area contributed by atoms with E-state index in [9.17, 15) is 10.1 Å². The van der Waals surface area contributed by atoms with Gasteiger partial charge in [0.2, 0.25) is 5.95 Å². The van der Waals surface area contributed by atoms with Crippen LogP contribution in [0.1, 0.15) is 5.56 Å². The molecule has 4 aromatic rings. The quantitative estimate of drug-likeness (QED) is 0.302. The van der Waals surface area contributed by atoms with Gasteiger partial charge < -0.3 is 15.0 Å². The standard InChI is InChI=1S/C19H15ClN6O3/c1-29-15-6-5-11(7-14(15)12-3-2-4-13(8-12)26(27)28)9-25-10-22-16-17(20)23-19(21)24-18(16)25/h2-8,10H,9H2,1H3,(H2,21,23,24). The Morgan fingerprint density at radius 1 is 1.24 bits per heavy atom. The lowest BCUT2D eigenvalue weighted by Gasteiger charge is -2.12. The Bertz CT molecular complexity index is 1240. The lowest BCUT2D eigenvalue weighted by Crippen LogP contribution is -2.03. The highest BCUT2D eigenvalue weighted by Crippen LogP contribution is 2.33. The molecule has 9 nitrogen and oxygen atoms in total. The first-order valence-corrected chi connectivity index (χ1v) is 8.89. The molecule has 0 atom stereocenters. The highest BCUT2D eigenvalue weighted by Gasteiger charge is 2.14. The molecule has 0 aliphatic rings. The molecule has 0 aliphatic carbocycles. The minimum atomic E-state index is -0.425. The minimum absolute atomic E-state index is 0.0115. The Hall–Kier alpha value is -3.72. The number of nitro benzene ring substituents is 1. The first kappa shape index (κ1) is 18.6. The number of imidazole rings is 1. The molecule has 10 heteroatoms. The summed E-state index contributed by atoms with van der Waals surface area (Å²) in [5, 5.41) is 11.3. The van der Waals surface area contributed by atoms with Crippen molar-refractivity contribution in [3.05, 3.63) is 69.6 Å². The number of hydrogen-bond donors (Lipinski definition) is 1. The van der Waals surface area contributed by atoms with E-state index < -0.39 is 4.92 Å². The van der Waals surface area contributed by atoms with Gasteiger partial charge in [0, 0.05) is 17.7 Å². The maximum absolute atomic E-state index is 11.1. The predicted molar refractivity (Wildman–Crippen MR) is 109 cm³/mol. The molecule has 2 heterocycles. The first-order valence-electron chi connectivity index (χ1n) is 8.52. The summed E-state index contributed by atoms with van der Waals surface area (Å²) < 4.78 is 7.25. The fraction of sp³-hybridized carbons (Fsp3) is 0.105. The second-order valence-electron chi connectivity index (χ2n) is 6.26. The number of fused-ring (bicyclic) bond motifs is 1. The van der Waals surface area contributed by atoms with Gasteiger partial charge in [-0.3, -0.25) is 10.1 Å². The van der Waals surface area contributed by atoms with Gasteiger partial charge in [-0.1, -0.05) is 29.8 Å². The second-order valence-corrected chi connectivity index (χ2v) is 6.62. The fourth-order valence-corrected chi connectivity index (χ4v) is 3.32. The van der Waals surface area contributed by atoms with Gasteiger partial charge in [0.25, 0.3) is 5.69 Å². The van der Waals surface area contributed by atoms with E-state index in [1.165, 1.54) is 12.1 Å². The van der Waals surface area contributed by atoms with Gasteiger partial charge in [-0.05, 0) is 23.3 Å². The summed E-state index contributed by atoms with van der Waals surface area (Å²) in [7, 11) is 1.56. The van der Waals surface area contributed by atoms with Crippen molar-refractivity contribution < 1.29 is 9.66 Å². The number of rotatable bonds is 5. The highest BCUT2D eigenvalue weighted by molar-refractivity contribution is 6.33. The van der Waals surface area contributed by atoms with Crippen molar-refractivity contribution in [2.45, 2.75) is 6.54 Å². The molecule has 0 radical (unpaired) electrons. The SMILES string of the molecule is COc1ccc(Cn2cnc3c(Cl)nc(N)nc32)cc1-c1cccc([N+](=O)[O-])c1. The van der Waals surface area contributed by atoms with Crippen LogP contribution in [0.25, 0.3) is 22.3 Å². The smallest absolute Gasteiger partial charge is 0.270 e. The average Bonchev–Trinajstić information content (AvgIpc) is 3.11. The minimum Gasteiger partial charge on any atom is -0.496 e. The molecule has 2 N–H and O–H groups in total. The Labute approximate surface area is 169 Å². The molecule has 0 amide bonds. The Morgan fingerprint density at radius 2 is 2.07 bits per heavy atom. The third-order valence-corrected chi connectivity index (χ3v) is 4.69. The molecule has 29 heavy (non-hydrogen) atoms. The van der Waals surface area contributed by atoms with Crippen LogP contribution >= 0.6 is 11.6 Å². The first-order chi connectivity index (χ1) is 14.0. The largest absolute Gasteiger partial charge is 0.496 e. The van der Waals surface area contributed by atoms with Crippen molar-refractivity contribution in [3.63, 3.8) is 0 Å². The molecular weight excluding hydrogens is 396 g/mol. The zero-order chi connectivity index (χ0) is 20.5. The summed E-state index contributed by atoms with van der Waals surface area (Å²) in [6.07, 6.45) is 1.61. The maximum atomic E-state index is 11.1. The van der Waals surface area contributed by atoms with E-state index >= 15 is 0 Å². The van der Waals surface area contributed by atoms with Crippen LogP contribution < -0.4 is 10.5 Å². The number of halogens is 1. The Morgan fingerprint density at radius 3 is 2.83 bits per heavy atom. The van der Waals surface area contributed by atoms with Crippen molar-refractivity contribution >= 4 is 34.4 Å². The van der Waals surface area contributed by atoms with Crippen LogP contribution in [0.15, 0.2) is 48.8 Å². The number of aromatic nitrogens is 4. The lowest BCUT2D eigenvalue weighted by molar-refractivity contribution is -0.384. The normalized spacial score (nSPS) is 11.0. The Balaban J connectivity index is 1.76. The summed E-state index contributed by atoms with van der Waals surface area (Å²) in [5.41, 5.74) is 9.05. The van der Waals surface area contributed by atoms with E-state index in [2.05, 4.69) is 15.0 Å². The third kappa shape index (κ3) is 3.55. The van der Waals surface area contributed by atoms with Gasteiger partial charge in [-0.2, -0.15) is 9.97 Å². The van der Waals surface area contributed by atoms with Gasteiger partial charge in [0.15, 0.2) is 10.8 Å². The number of benzene rings is 2. The molecule has 0 unspecified atom stereocenters. The van der Waals surface area contributed by atoms with E-state index in [0.29, 0.717) is 29.0 Å². The molecule has 2 aromatic heterocycles. The monoisotopic (exact) mass is 410 g/mol. The van der Waals surface area contributed by atoms with Crippen molar-refractivity contribution in [1.29, 1.82) is 0 Å². The van der Waals surface area contributed by atoms with Crippen LogP contribution in [-0.2, 0) is 6.54 Å². The topological polar surface area (TPSA) is 122 Å². The number of hydrogen-bond acceptors (Lipinski definition) is 7. The fourth-order valence-electron chi connectivity index (χ4n) is 3.10. The van der Waals surface area contributed by atoms with Crippen LogP contribution in [-0.4, -0.2) is 31.6 Å². The number of non-ortho nitro benzene ring substituents is 1. The summed E-state index contributed by atoms with van der Waals surface area (Å²) in [6, 6.07) is 12.0. The number of anilines is 1. The van der Waals surface area contributed by atoms with Gasteiger partial charge in [-0.25, -0.2) is 4.98 Å². The van der Waals surface area contributed by atoms with E-state index in [1.807, 2.05) is 18.2 Å². The zero-order valence-corrected chi connectivity index (χ0v) is 16.0. The van der Waals surface area contributed by atoms with Crippen molar-refractivity contribution in [2.75, 3.05) is 12.8 Å². The third-order valence-electron chi connectivity index (χ3n) is 4.42. The Kier molecular flexibility index (Phi) is 4.73. The van der Waals surface area contributed by atoms with Crippen LogP contribution in [0.5, 0.6) is 5.75 Å². The van der Waals surface area contributed by atoms with Gasteiger partial charge in [0.1, 0.15) is 11.3 Å². The van der Waals surface area contributed by atoms with Crippen molar-refractivity contribution in [1.82, 2.24) is 19.5 Å². The number of methoxy groups -OCH3 is 1. The summed E-state index contributed by atoms with van der Waals surface area (Å²) in [4.78, 5) is 23.1. The van der Waals surface area contributed by atoms with Gasteiger partial charge in [0.05, 0.1) is 24.9 Å². The lowest BCUT2D eigenvalue weighted by atomic mass is 10.0. The molecule has 0 saturated heterocycles. The van der Waals surface area contributed by atoms with Crippen molar-refractivity contribution in [2.24, 2.45) is 0 Å². The van der Waals surface area contributed by atoms with Crippen LogP contribution in [0.4, 0.5) is 11.6 Å². The van der Waals surface area contributed by atoms with E-state index in [1.54, 1.807) is 30.1 Å². The number of nitro groups is 1. The van der Waals surface area contributed by atoms with E-state index in [-0.39, 0.29) is 16.8 Å². The summed E-state index contributed by atoms with van der Waals surface area (Å²) in [5.74, 6) is 0.676. The molecule has 2 aromatic carbocycles. The predicted octanol–water partition coefficient (Wildman–Crippen LogP) is 3.69. The number of nitrogens with two attached hydrogens (primary N) is 1. The van der Waals surface area contributed by atoms with Gasteiger partial charge >= 0.3 is 0 Å². The molecule has 0 saturated carbocycles. The summed E-state index contributed by atoms with van der Waals surface area (Å²) in [6.45, 7) is 0.440. The number of nitrogen functional groups attached to an aromatic ring is 1. The second kappa shape index (κ2) is 7.36. The molecule has 0 spiro atoms. The number of nitrogens with zero attached hydrogens (tertiary/aromatic N) is 5. The average molecular weight is 411 g/mol. The van der Waals surface area contributed by atoms with E-state index in [0.717, 1.165) is 11.1 Å². The molecule has 0 bridgehead atoms. The highest BCUT2D eigenvalue weighted by atomic mass is 35.5. The molecule has 4 rings (SSSR count). The molecule has 0 fully saturated rings. The zero-order valence-electron chi connectivity index (χ0n) is 15.2. The van der Waals surface area contributed by atoms with Crippen LogP contribution in [0, 0.1) is 10.1 Å². The maximum Gasteiger partial charge on any atom is 0.270 e. The molecule has 146 valence electrons. The van der Waals surface area contributed by atoms with Gasteiger partial charge in [-0.15, -0.1) is 0 Å². The van der Waals surface area contributed by atoms with E-state index in [4.69, 9.17) is 22.1 Å². The van der Waals surface area contributed by atoms with Crippen LogP contribution in [0.3, 0.4) is 0 Å². The molecular formula is C19H15ClN6O3. The number of ether oxygens (including phenoxy) is 1. The molecule has 0 aliphatic heterocycles. The van der Waals surface area contributed by atoms with Crippen molar-refractivity contribution in [3.8, 4) is 16.9 Å².